The first-order valence-corrected chi connectivity index (χ1v) is 28.2. The molecule has 82 heavy (non-hydrogen) atoms. The molecule has 0 amide bonds. The van der Waals surface area contributed by atoms with Gasteiger partial charge < -0.3 is 14.5 Å². The fourth-order valence-corrected chi connectivity index (χ4v) is 12.8. The number of nitrogens with zero attached hydrogens (tertiary/aromatic N) is 4. The Labute approximate surface area is 478 Å². The first-order valence-electron chi connectivity index (χ1n) is 28.2. The second kappa shape index (κ2) is 19.3. The van der Waals surface area contributed by atoms with Crippen LogP contribution in [0.25, 0.3) is 61.0 Å². The highest BCUT2D eigenvalue weighted by atomic mass is 19.1. The van der Waals surface area contributed by atoms with Gasteiger partial charge in [-0.2, -0.15) is 0 Å². The predicted molar refractivity (Wildman–Crippen MR) is 333 cm³/mol. The lowest BCUT2D eigenvalue weighted by molar-refractivity contribution is 0.482. The normalized spacial score (nSPS) is 13.6. The third kappa shape index (κ3) is 8.36. The first-order chi connectivity index (χ1) is 39.7. The molecule has 2 aromatic heterocycles. The van der Waals surface area contributed by atoms with Crippen molar-refractivity contribution in [2.75, 3.05) is 16.5 Å². The lowest BCUT2D eigenvalue weighted by Gasteiger charge is -2.35. The number of rotatable bonds is 9. The van der Waals surface area contributed by atoms with Gasteiger partial charge in [0.2, 0.25) is 0 Å². The maximum Gasteiger partial charge on any atom is 0.137 e. The van der Waals surface area contributed by atoms with Gasteiger partial charge in [0, 0.05) is 45.9 Å². The number of benzene rings is 10. The maximum atomic E-state index is 15.7. The van der Waals surface area contributed by atoms with Crippen molar-refractivity contribution in [3.63, 3.8) is 0 Å². The summed E-state index contributed by atoms with van der Waals surface area (Å²) in [5.41, 5.74) is 16.5. The second-order valence-electron chi connectivity index (χ2n) is 23.9. The molecule has 0 saturated heterocycles. The Morgan fingerprint density at radius 3 is 1.62 bits per heavy atom. The van der Waals surface area contributed by atoms with Gasteiger partial charge in [0.15, 0.2) is 0 Å². The summed E-state index contributed by atoms with van der Waals surface area (Å²) in [5.74, 6) is 1.28. The van der Waals surface area contributed by atoms with Gasteiger partial charge in [-0.15, -0.1) is 0 Å². The monoisotopic (exact) mass is 1070 g/mol. The van der Waals surface area contributed by atoms with E-state index < -0.39 is 17.0 Å². The van der Waals surface area contributed by atoms with Gasteiger partial charge in [-0.3, -0.25) is 4.57 Å². The van der Waals surface area contributed by atoms with Gasteiger partial charge in [0.05, 0.1) is 33.5 Å². The third-order valence-electron chi connectivity index (χ3n) is 16.8. The Kier molecular flexibility index (Phi) is 11.9. The summed E-state index contributed by atoms with van der Waals surface area (Å²) in [7, 11) is 0. The molecule has 14 rings (SSSR count). The summed E-state index contributed by atoms with van der Waals surface area (Å²) in [6, 6.07) is 80.7. The van der Waals surface area contributed by atoms with Crippen LogP contribution < -0.4 is 14.5 Å². The summed E-state index contributed by atoms with van der Waals surface area (Å²) >= 11 is 0. The molecular weight excluding hydrogens is 1010 g/mol. The number of aromatic nitrogens is 2. The number of hydrogen-bond donors (Lipinski definition) is 0. The zero-order valence-electron chi connectivity index (χ0n) is 46.8. The van der Waals surface area contributed by atoms with Gasteiger partial charge in [-0.05, 0) is 157 Å². The molecule has 1 aliphatic carbocycles. The molecule has 0 atom stereocenters. The first kappa shape index (κ1) is 50.6. The van der Waals surface area contributed by atoms with Crippen molar-refractivity contribution in [1.82, 2.24) is 9.55 Å². The summed E-state index contributed by atoms with van der Waals surface area (Å²) in [6.45, 7) is 14.0. The zero-order chi connectivity index (χ0) is 56.1. The third-order valence-corrected chi connectivity index (χ3v) is 16.8. The molecule has 1 aliphatic heterocycles. The fraction of sp³-hybridized carbons (Fsp3) is 0.133. The predicted octanol–water partition coefficient (Wildman–Crippen LogP) is 19.8. The van der Waals surface area contributed by atoms with E-state index in [4.69, 9.17) is 9.72 Å². The molecule has 0 saturated carbocycles. The Balaban J connectivity index is 1.01. The molecule has 5 nitrogen and oxygen atoms in total. The average molecular weight is 1070 g/mol. The van der Waals surface area contributed by atoms with Crippen molar-refractivity contribution in [3.8, 4) is 50.7 Å². The molecule has 10 aromatic carbocycles. The lowest BCUT2D eigenvalue weighted by Crippen LogP contribution is -2.30. The Morgan fingerprint density at radius 2 is 1.00 bits per heavy atom. The van der Waals surface area contributed by atoms with Crippen LogP contribution >= 0.6 is 0 Å². The van der Waals surface area contributed by atoms with Crippen LogP contribution in [0.3, 0.4) is 0 Å². The molecule has 12 aromatic rings. The maximum absolute atomic E-state index is 15.7. The van der Waals surface area contributed by atoms with E-state index in [-0.39, 0.29) is 10.8 Å². The molecule has 3 heterocycles. The van der Waals surface area contributed by atoms with Gasteiger partial charge in [0.25, 0.3) is 0 Å². The number of halogens is 2. The van der Waals surface area contributed by atoms with E-state index in [2.05, 4.69) is 232 Å². The minimum absolute atomic E-state index is 0.0919. The van der Waals surface area contributed by atoms with E-state index in [1.165, 1.54) is 23.3 Å². The quantitative estimate of drug-likeness (QED) is 0.144. The Bertz CT molecular complexity index is 4350. The molecular formula is C75H60F2N4O. The van der Waals surface area contributed by atoms with E-state index >= 15 is 8.78 Å². The molecule has 0 bridgehead atoms. The van der Waals surface area contributed by atoms with E-state index in [1.54, 1.807) is 12.1 Å². The highest BCUT2D eigenvalue weighted by Gasteiger charge is 2.47. The minimum Gasteiger partial charge on any atom is -0.457 e. The smallest absolute Gasteiger partial charge is 0.137 e. The summed E-state index contributed by atoms with van der Waals surface area (Å²) < 4.78 is 41.0. The zero-order valence-corrected chi connectivity index (χ0v) is 46.8. The molecule has 0 radical (unpaired) electrons. The number of para-hydroxylation sites is 3. The van der Waals surface area contributed by atoms with Crippen molar-refractivity contribution in [3.05, 3.63) is 288 Å². The number of hydrogen-bond acceptors (Lipinski definition) is 4. The number of anilines is 4. The molecule has 0 N–H and O–H groups in total. The van der Waals surface area contributed by atoms with Crippen molar-refractivity contribution < 1.29 is 13.5 Å². The highest BCUT2D eigenvalue weighted by molar-refractivity contribution is 6.09. The van der Waals surface area contributed by atoms with Crippen molar-refractivity contribution in [1.29, 1.82) is 0 Å². The van der Waals surface area contributed by atoms with E-state index in [0.29, 0.717) is 29.3 Å². The van der Waals surface area contributed by atoms with Gasteiger partial charge in [0.1, 0.15) is 35.6 Å². The van der Waals surface area contributed by atoms with Gasteiger partial charge >= 0.3 is 0 Å². The van der Waals surface area contributed by atoms with Crippen LogP contribution in [0.15, 0.2) is 243 Å². The topological polar surface area (TPSA) is 33.5 Å². The van der Waals surface area contributed by atoms with Crippen molar-refractivity contribution >= 4 is 44.6 Å². The van der Waals surface area contributed by atoms with E-state index in [1.807, 2.05) is 42.6 Å². The largest absolute Gasteiger partial charge is 0.457 e. The molecule has 0 unspecified atom stereocenters. The summed E-state index contributed by atoms with van der Waals surface area (Å²) in [6.07, 6.45) is 1.90. The molecule has 2 aliphatic rings. The fourth-order valence-electron chi connectivity index (χ4n) is 12.8. The van der Waals surface area contributed by atoms with Crippen LogP contribution in [0.1, 0.15) is 74.9 Å². The van der Waals surface area contributed by atoms with Crippen LogP contribution in [0, 0.1) is 11.6 Å². The van der Waals surface area contributed by atoms with E-state index in [9.17, 15) is 0 Å². The number of ether oxygens (including phenoxy) is 1. The van der Waals surface area contributed by atoms with Crippen LogP contribution in [-0.4, -0.2) is 16.2 Å². The van der Waals surface area contributed by atoms with Gasteiger partial charge in [-0.1, -0.05) is 175 Å². The SMILES string of the molecule is CC(C)(C)c1ccnc(-n2c3ccccc3c3ccc(Oc4cc(N5CN(c6c(-c7ccccc7)cc(C(C)(C)C)cc6-c6ccccc6)c6ccccc65)cc(C5(c6ccccc6)c6ccc(F)cc6-c6cc(F)ccc65)c4)cc32)c1. The highest BCUT2D eigenvalue weighted by Crippen LogP contribution is 2.59. The Hall–Kier alpha value is -9.59. The number of fused-ring (bicyclic) bond motifs is 7. The van der Waals surface area contributed by atoms with Crippen LogP contribution in [0.5, 0.6) is 11.5 Å². The molecule has 400 valence electrons. The minimum atomic E-state index is -1.04. The number of pyridine rings is 1. The molecule has 7 heteroatoms. The van der Waals surface area contributed by atoms with Crippen molar-refractivity contribution in [2.24, 2.45) is 0 Å². The average Bonchev–Trinajstić information content (AvgIpc) is 1.97. The lowest BCUT2D eigenvalue weighted by atomic mass is 9.67. The van der Waals surface area contributed by atoms with Crippen LogP contribution in [-0.2, 0) is 16.2 Å². The molecule has 0 fully saturated rings. The van der Waals surface area contributed by atoms with Crippen LogP contribution in [0.4, 0.5) is 31.5 Å². The second-order valence-corrected chi connectivity index (χ2v) is 23.9. The standard InChI is InChI=1S/C75H60F2N4O/c1-73(2,3)51-36-37-78-71(42-51)81-67-27-17-16-26-59(67)60-33-32-57(46-70(60)81)82-58-39-53(75(50-24-14-9-15-25-50)65-34-30-54(76)43-63(65)64-44-55(77)31-35-66(64)75)38-56(45-58)79-47-80(69-29-19-18-28-68(69)79)72-61(48-20-10-7-11-21-48)40-52(74(4,5)6)41-62(72)49-22-12-8-13-23-49/h7-46H,47H2,1-6H3. The summed E-state index contributed by atoms with van der Waals surface area (Å²) in [4.78, 5) is 9.82. The molecule has 0 spiro atoms. The van der Waals surface area contributed by atoms with Gasteiger partial charge in [-0.25, -0.2) is 13.8 Å². The van der Waals surface area contributed by atoms with Crippen molar-refractivity contribution in [2.45, 2.75) is 57.8 Å². The van der Waals surface area contributed by atoms with E-state index in [0.717, 1.165) is 94.9 Å². The summed E-state index contributed by atoms with van der Waals surface area (Å²) in [5, 5.41) is 2.19. The Morgan fingerprint density at radius 1 is 0.439 bits per heavy atom. The van der Waals surface area contributed by atoms with Crippen LogP contribution in [0.2, 0.25) is 0 Å².